The van der Waals surface area contributed by atoms with Crippen molar-refractivity contribution in [3.63, 3.8) is 0 Å². The van der Waals surface area contributed by atoms with Gasteiger partial charge in [0.25, 0.3) is 0 Å². The first-order valence-corrected chi connectivity index (χ1v) is 11.3. The maximum atomic E-state index is 8.93. The van der Waals surface area contributed by atoms with Gasteiger partial charge >= 0.3 is 0 Å². The average Bonchev–Trinajstić information content (AvgIpc) is 3.61. The van der Waals surface area contributed by atoms with Crippen LogP contribution < -0.4 is 11.5 Å². The van der Waals surface area contributed by atoms with Crippen LogP contribution in [-0.4, -0.2) is 42.0 Å². The predicted octanol–water partition coefficient (Wildman–Crippen LogP) is 4.18. The molecule has 0 saturated heterocycles. The Morgan fingerprint density at radius 3 is 1.97 bits per heavy atom. The van der Waals surface area contributed by atoms with Crippen LogP contribution in [0.5, 0.6) is 0 Å². The number of benzene rings is 3. The number of nitrogens with one attached hydrogen (secondary N) is 2. The quantitative estimate of drug-likeness (QED) is 0.0951. The second kappa shape index (κ2) is 7.85. The van der Waals surface area contributed by atoms with Gasteiger partial charge in [-0.25, -0.2) is 9.97 Å². The zero-order valence-corrected chi connectivity index (χ0v) is 18.8. The van der Waals surface area contributed by atoms with Crippen LogP contribution in [0.15, 0.2) is 71.0 Å². The molecule has 6 rings (SSSR count). The number of nitrogens with two attached hydrogens (primary N) is 2. The van der Waals surface area contributed by atoms with E-state index >= 15 is 0 Å². The summed E-state index contributed by atoms with van der Waals surface area (Å²) in [4.78, 5) is 17.0. The molecule has 35 heavy (non-hydrogen) atoms. The van der Waals surface area contributed by atoms with Crippen LogP contribution in [0, 0.1) is 0 Å². The Balaban J connectivity index is 1.37. The molecule has 0 radical (unpaired) electrons. The van der Waals surface area contributed by atoms with E-state index in [1.165, 1.54) is 0 Å². The minimum Gasteiger partial charge on any atom is -0.409 e. The number of nitrogens with zero attached hydrogens (tertiary/aromatic N) is 4. The van der Waals surface area contributed by atoms with Gasteiger partial charge < -0.3 is 31.8 Å². The monoisotopic (exact) mass is 482 g/mol. The highest BCUT2D eigenvalue weighted by molar-refractivity contribution is 7.22. The number of amidine groups is 2. The predicted molar refractivity (Wildman–Crippen MR) is 137 cm³/mol. The summed E-state index contributed by atoms with van der Waals surface area (Å²) in [5.74, 6) is 1.57. The van der Waals surface area contributed by atoms with Crippen LogP contribution in [0.25, 0.3) is 54.2 Å². The standard InChI is InChI=1S/C24H18N8O2S/c25-21(31-33)12-3-5-15-17(7-12)29-23(27-15)14-2-1-11-9-20(35-19(11)10-14)24-28-16-6-4-13(22(26)32-34)8-18(16)30-24/h1-10,33-34H,(H2,25,31)(H2,26,32)(H,27,29)(H,28,30). The van der Waals surface area contributed by atoms with E-state index in [9.17, 15) is 0 Å². The van der Waals surface area contributed by atoms with E-state index in [1.807, 2.05) is 18.2 Å². The molecule has 3 aromatic carbocycles. The number of hydrogen-bond acceptors (Lipinski definition) is 7. The molecular formula is C24H18N8O2S. The van der Waals surface area contributed by atoms with Gasteiger partial charge in [-0.1, -0.05) is 22.4 Å². The van der Waals surface area contributed by atoms with Gasteiger partial charge in [0.05, 0.1) is 26.9 Å². The van der Waals surface area contributed by atoms with Gasteiger partial charge in [-0.15, -0.1) is 11.3 Å². The van der Waals surface area contributed by atoms with Gasteiger partial charge in [0.15, 0.2) is 11.7 Å². The molecule has 172 valence electrons. The first-order valence-electron chi connectivity index (χ1n) is 10.5. The summed E-state index contributed by atoms with van der Waals surface area (Å²) in [5.41, 5.74) is 16.8. The zero-order valence-electron chi connectivity index (χ0n) is 18.0. The fourth-order valence-electron chi connectivity index (χ4n) is 4.00. The molecule has 0 atom stereocenters. The number of H-pyrrole nitrogens is 2. The Hall–Kier alpha value is -4.90. The largest absolute Gasteiger partial charge is 0.409 e. The zero-order chi connectivity index (χ0) is 24.1. The van der Waals surface area contributed by atoms with Crippen molar-refractivity contribution >= 4 is 55.2 Å². The van der Waals surface area contributed by atoms with Gasteiger partial charge in [-0.05, 0) is 53.9 Å². The van der Waals surface area contributed by atoms with Crippen molar-refractivity contribution in [3.8, 4) is 22.1 Å². The Labute approximate surface area is 201 Å². The molecule has 0 bridgehead atoms. The maximum absolute atomic E-state index is 8.93. The third kappa shape index (κ3) is 3.50. The lowest BCUT2D eigenvalue weighted by atomic mass is 10.1. The molecule has 0 fully saturated rings. The lowest BCUT2D eigenvalue weighted by molar-refractivity contribution is 0.318. The van der Waals surface area contributed by atoms with E-state index in [0.29, 0.717) is 11.1 Å². The van der Waals surface area contributed by atoms with Crippen molar-refractivity contribution in [1.82, 2.24) is 19.9 Å². The molecule has 0 aliphatic heterocycles. The Morgan fingerprint density at radius 2 is 1.34 bits per heavy atom. The first-order chi connectivity index (χ1) is 17.0. The average molecular weight is 483 g/mol. The van der Waals surface area contributed by atoms with Gasteiger partial charge in [-0.3, -0.25) is 0 Å². The van der Waals surface area contributed by atoms with E-state index in [1.54, 1.807) is 35.6 Å². The van der Waals surface area contributed by atoms with Crippen molar-refractivity contribution in [2.45, 2.75) is 0 Å². The topological polar surface area (TPSA) is 175 Å². The van der Waals surface area contributed by atoms with Crippen LogP contribution in [-0.2, 0) is 0 Å². The fraction of sp³-hybridized carbons (Fsp3) is 0. The van der Waals surface area contributed by atoms with E-state index in [4.69, 9.17) is 26.9 Å². The Kier molecular flexibility index (Phi) is 4.64. The number of thiophene rings is 1. The lowest BCUT2D eigenvalue weighted by Crippen LogP contribution is -2.12. The summed E-state index contributed by atoms with van der Waals surface area (Å²) in [6, 6.07) is 19.0. The van der Waals surface area contributed by atoms with E-state index < -0.39 is 0 Å². The smallest absolute Gasteiger partial charge is 0.170 e. The molecule has 0 spiro atoms. The summed E-state index contributed by atoms with van der Waals surface area (Å²) in [6.45, 7) is 0. The summed E-state index contributed by atoms with van der Waals surface area (Å²) in [5, 5.41) is 25.1. The molecule has 0 aliphatic carbocycles. The Morgan fingerprint density at radius 1 is 0.743 bits per heavy atom. The van der Waals surface area contributed by atoms with Gasteiger partial charge in [0.1, 0.15) is 11.6 Å². The fourth-order valence-corrected chi connectivity index (χ4v) is 5.05. The number of hydrogen-bond donors (Lipinski definition) is 6. The van der Waals surface area contributed by atoms with Crippen LogP contribution in [0.1, 0.15) is 11.1 Å². The second-order valence-corrected chi connectivity index (χ2v) is 9.05. The van der Waals surface area contributed by atoms with Crippen molar-refractivity contribution in [2.24, 2.45) is 21.8 Å². The number of aromatic amines is 2. The third-order valence-corrected chi connectivity index (χ3v) is 6.90. The Bertz CT molecular complexity index is 1720. The molecule has 11 heteroatoms. The molecule has 0 aliphatic rings. The molecule has 0 unspecified atom stereocenters. The minimum atomic E-state index is 0.0439. The van der Waals surface area contributed by atoms with Gasteiger partial charge in [0, 0.05) is 21.4 Å². The third-order valence-electron chi connectivity index (χ3n) is 5.80. The normalized spacial score (nSPS) is 12.8. The lowest BCUT2D eigenvalue weighted by Gasteiger charge is -1.97. The van der Waals surface area contributed by atoms with Gasteiger partial charge in [0.2, 0.25) is 0 Å². The SMILES string of the molecule is NC(=NO)c1ccc2nc(-c3ccc4cc(-c5nc6ccc(C(N)=NO)cc6[nH]5)sc4c3)[nH]c2c1. The number of fused-ring (bicyclic) bond motifs is 3. The summed E-state index contributed by atoms with van der Waals surface area (Å²) < 4.78 is 1.09. The molecule has 3 aromatic heterocycles. The van der Waals surface area contributed by atoms with Crippen molar-refractivity contribution in [2.75, 3.05) is 0 Å². The summed E-state index contributed by atoms with van der Waals surface area (Å²) in [7, 11) is 0. The highest BCUT2D eigenvalue weighted by Gasteiger charge is 2.13. The number of imidazole rings is 2. The van der Waals surface area contributed by atoms with Crippen LogP contribution in [0.2, 0.25) is 0 Å². The van der Waals surface area contributed by atoms with Crippen LogP contribution in [0.4, 0.5) is 0 Å². The van der Waals surface area contributed by atoms with Crippen LogP contribution in [0.3, 0.4) is 0 Å². The maximum Gasteiger partial charge on any atom is 0.170 e. The van der Waals surface area contributed by atoms with E-state index in [2.05, 4.69) is 43.5 Å². The van der Waals surface area contributed by atoms with Crippen molar-refractivity contribution < 1.29 is 10.4 Å². The van der Waals surface area contributed by atoms with Gasteiger partial charge in [-0.2, -0.15) is 0 Å². The van der Waals surface area contributed by atoms with Crippen molar-refractivity contribution in [3.05, 3.63) is 71.8 Å². The number of aromatic nitrogens is 4. The van der Waals surface area contributed by atoms with Crippen molar-refractivity contribution in [1.29, 1.82) is 0 Å². The minimum absolute atomic E-state index is 0.0439. The van der Waals surface area contributed by atoms with Crippen LogP contribution >= 0.6 is 11.3 Å². The summed E-state index contributed by atoms with van der Waals surface area (Å²) in [6.07, 6.45) is 0. The molecule has 0 amide bonds. The number of oxime groups is 2. The highest BCUT2D eigenvalue weighted by atomic mass is 32.1. The summed E-state index contributed by atoms with van der Waals surface area (Å²) >= 11 is 1.62. The van der Waals surface area contributed by atoms with E-state index in [-0.39, 0.29) is 11.7 Å². The second-order valence-electron chi connectivity index (χ2n) is 7.97. The van der Waals surface area contributed by atoms with E-state index in [0.717, 1.165) is 54.2 Å². The molecular weight excluding hydrogens is 464 g/mol. The number of rotatable bonds is 4. The molecule has 3 heterocycles. The first kappa shape index (κ1) is 20.7. The molecule has 8 N–H and O–H groups in total. The molecule has 6 aromatic rings. The highest BCUT2D eigenvalue weighted by Crippen LogP contribution is 2.35. The molecule has 10 nitrogen and oxygen atoms in total. The molecule has 0 saturated carbocycles.